The quantitative estimate of drug-likeness (QED) is 0.643. The van der Waals surface area contributed by atoms with Gasteiger partial charge in [0.05, 0.1) is 11.6 Å². The monoisotopic (exact) mass is 194 g/mol. The summed E-state index contributed by atoms with van der Waals surface area (Å²) >= 11 is 0. The topological polar surface area (TPSA) is 58.3 Å². The van der Waals surface area contributed by atoms with Crippen molar-refractivity contribution in [1.82, 2.24) is 0 Å². The zero-order chi connectivity index (χ0) is 10.8. The van der Waals surface area contributed by atoms with Gasteiger partial charge in [-0.25, -0.2) is 0 Å². The first-order chi connectivity index (χ1) is 6.39. The van der Waals surface area contributed by atoms with E-state index in [9.17, 15) is 5.11 Å². The molecule has 0 aliphatic heterocycles. The van der Waals surface area contributed by atoms with E-state index in [0.29, 0.717) is 0 Å². The molecule has 3 nitrogen and oxygen atoms in total. The summed E-state index contributed by atoms with van der Waals surface area (Å²) < 4.78 is 0. The number of hydrogen-bond acceptors (Lipinski definition) is 3. The summed E-state index contributed by atoms with van der Waals surface area (Å²) in [5, 5.41) is 12.9. The highest BCUT2D eigenvalue weighted by Crippen LogP contribution is 2.17. The van der Waals surface area contributed by atoms with Crippen molar-refractivity contribution in [2.45, 2.75) is 32.4 Å². The third kappa shape index (κ3) is 2.92. The average molecular weight is 194 g/mol. The minimum absolute atomic E-state index is 0.0238. The molecule has 0 bridgehead atoms. The zero-order valence-electron chi connectivity index (χ0n) is 8.91. The van der Waals surface area contributed by atoms with Crippen molar-refractivity contribution >= 4 is 11.4 Å². The number of nitrogen functional groups attached to an aromatic ring is 1. The van der Waals surface area contributed by atoms with Gasteiger partial charge in [-0.05, 0) is 39.0 Å². The van der Waals surface area contributed by atoms with Gasteiger partial charge in [-0.1, -0.05) is 6.07 Å². The number of nitrogens with one attached hydrogen (secondary N) is 1. The molecule has 4 N–H and O–H groups in total. The fourth-order valence-corrected chi connectivity index (χ4v) is 1.06. The predicted molar refractivity (Wildman–Crippen MR) is 60.2 cm³/mol. The third-order valence-electron chi connectivity index (χ3n) is 2.33. The van der Waals surface area contributed by atoms with Crippen LogP contribution in [0.1, 0.15) is 20.8 Å². The van der Waals surface area contributed by atoms with E-state index in [4.69, 9.17) is 5.73 Å². The number of aliphatic hydroxyl groups is 1. The summed E-state index contributed by atoms with van der Waals surface area (Å²) in [6.07, 6.45) is 0. The van der Waals surface area contributed by atoms with Crippen molar-refractivity contribution < 1.29 is 5.11 Å². The van der Waals surface area contributed by atoms with Crippen LogP contribution in [0.4, 0.5) is 11.4 Å². The van der Waals surface area contributed by atoms with Crippen LogP contribution < -0.4 is 11.1 Å². The first kappa shape index (κ1) is 10.9. The minimum atomic E-state index is -0.745. The number of rotatable bonds is 3. The number of hydrogen-bond donors (Lipinski definition) is 3. The molecule has 0 fully saturated rings. The summed E-state index contributed by atoms with van der Waals surface area (Å²) in [4.78, 5) is 0. The summed E-state index contributed by atoms with van der Waals surface area (Å²) in [5.41, 5.74) is 6.55. The lowest BCUT2D eigenvalue weighted by atomic mass is 10.0. The molecule has 0 amide bonds. The molecule has 0 saturated carbocycles. The Bertz CT molecular complexity index is 304. The third-order valence-corrected chi connectivity index (χ3v) is 2.33. The van der Waals surface area contributed by atoms with E-state index in [-0.39, 0.29) is 6.04 Å². The van der Waals surface area contributed by atoms with Crippen LogP contribution in [0.15, 0.2) is 24.3 Å². The molecule has 78 valence electrons. The van der Waals surface area contributed by atoms with Gasteiger partial charge >= 0.3 is 0 Å². The maximum Gasteiger partial charge on any atom is 0.0789 e. The average Bonchev–Trinajstić information content (AvgIpc) is 2.02. The molecule has 1 unspecified atom stereocenters. The van der Waals surface area contributed by atoms with E-state index >= 15 is 0 Å². The lowest BCUT2D eigenvalue weighted by molar-refractivity contribution is 0.0649. The van der Waals surface area contributed by atoms with Crippen molar-refractivity contribution in [2.24, 2.45) is 0 Å². The molecule has 0 heterocycles. The Morgan fingerprint density at radius 2 is 2.07 bits per heavy atom. The van der Waals surface area contributed by atoms with Crippen molar-refractivity contribution in [3.63, 3.8) is 0 Å². The Morgan fingerprint density at radius 1 is 1.43 bits per heavy atom. The van der Waals surface area contributed by atoms with Crippen LogP contribution in [-0.4, -0.2) is 16.7 Å². The van der Waals surface area contributed by atoms with Crippen LogP contribution in [0.3, 0.4) is 0 Å². The summed E-state index contributed by atoms with van der Waals surface area (Å²) in [7, 11) is 0. The molecule has 0 spiro atoms. The highest BCUT2D eigenvalue weighted by molar-refractivity contribution is 5.54. The molecule has 1 aromatic carbocycles. The van der Waals surface area contributed by atoms with Gasteiger partial charge < -0.3 is 16.2 Å². The first-order valence-electron chi connectivity index (χ1n) is 4.74. The van der Waals surface area contributed by atoms with Crippen LogP contribution in [-0.2, 0) is 0 Å². The summed E-state index contributed by atoms with van der Waals surface area (Å²) in [6.45, 7) is 5.48. The van der Waals surface area contributed by atoms with E-state index in [1.54, 1.807) is 13.8 Å². The van der Waals surface area contributed by atoms with Gasteiger partial charge in [0.1, 0.15) is 0 Å². The fraction of sp³-hybridized carbons (Fsp3) is 0.455. The molecule has 0 aromatic heterocycles. The molecule has 1 aromatic rings. The molecule has 0 saturated heterocycles. The second-order valence-corrected chi connectivity index (χ2v) is 4.15. The zero-order valence-corrected chi connectivity index (χ0v) is 8.91. The van der Waals surface area contributed by atoms with E-state index in [0.717, 1.165) is 11.4 Å². The predicted octanol–water partition coefficient (Wildman–Crippen LogP) is 1.84. The fourth-order valence-electron chi connectivity index (χ4n) is 1.06. The molecule has 1 atom stereocenters. The number of anilines is 2. The van der Waals surface area contributed by atoms with Gasteiger partial charge in [0.25, 0.3) is 0 Å². The Hall–Kier alpha value is -1.22. The van der Waals surface area contributed by atoms with Crippen molar-refractivity contribution in [2.75, 3.05) is 11.1 Å². The van der Waals surface area contributed by atoms with E-state index < -0.39 is 5.60 Å². The molecular weight excluding hydrogens is 176 g/mol. The van der Waals surface area contributed by atoms with Gasteiger partial charge in [0.15, 0.2) is 0 Å². The Kier molecular flexibility index (Phi) is 3.01. The molecular formula is C11H18N2O. The summed E-state index contributed by atoms with van der Waals surface area (Å²) in [5.74, 6) is 0. The summed E-state index contributed by atoms with van der Waals surface area (Å²) in [6, 6.07) is 7.47. The van der Waals surface area contributed by atoms with Crippen LogP contribution in [0.2, 0.25) is 0 Å². The highest BCUT2D eigenvalue weighted by atomic mass is 16.3. The van der Waals surface area contributed by atoms with Crippen molar-refractivity contribution in [3.8, 4) is 0 Å². The normalized spacial score (nSPS) is 13.7. The molecule has 0 radical (unpaired) electrons. The maximum atomic E-state index is 9.72. The SMILES string of the molecule is CC(Nc1cccc(N)c1)C(C)(C)O. The van der Waals surface area contributed by atoms with Gasteiger partial charge in [0, 0.05) is 11.4 Å². The lowest BCUT2D eigenvalue weighted by Gasteiger charge is -2.27. The van der Waals surface area contributed by atoms with Crippen LogP contribution >= 0.6 is 0 Å². The lowest BCUT2D eigenvalue weighted by Crippen LogP contribution is -2.39. The van der Waals surface area contributed by atoms with Crippen molar-refractivity contribution in [1.29, 1.82) is 0 Å². The van der Waals surface area contributed by atoms with Crippen molar-refractivity contribution in [3.05, 3.63) is 24.3 Å². The van der Waals surface area contributed by atoms with E-state index in [2.05, 4.69) is 5.32 Å². The Labute approximate surface area is 84.9 Å². The first-order valence-corrected chi connectivity index (χ1v) is 4.74. The molecule has 14 heavy (non-hydrogen) atoms. The van der Waals surface area contributed by atoms with Gasteiger partial charge in [-0.2, -0.15) is 0 Å². The van der Waals surface area contributed by atoms with Gasteiger partial charge in [0.2, 0.25) is 0 Å². The smallest absolute Gasteiger partial charge is 0.0789 e. The minimum Gasteiger partial charge on any atom is -0.399 e. The van der Waals surface area contributed by atoms with E-state index in [1.807, 2.05) is 31.2 Å². The maximum absolute atomic E-state index is 9.72. The number of benzene rings is 1. The second kappa shape index (κ2) is 3.88. The standard InChI is InChI=1S/C11H18N2O/c1-8(11(2,3)14)13-10-6-4-5-9(12)7-10/h4-8,13-14H,12H2,1-3H3. The van der Waals surface area contributed by atoms with Crippen LogP contribution in [0, 0.1) is 0 Å². The second-order valence-electron chi connectivity index (χ2n) is 4.15. The Balaban J connectivity index is 2.70. The molecule has 3 heteroatoms. The van der Waals surface area contributed by atoms with Crippen LogP contribution in [0.25, 0.3) is 0 Å². The highest BCUT2D eigenvalue weighted by Gasteiger charge is 2.21. The van der Waals surface area contributed by atoms with Gasteiger partial charge in [-0.3, -0.25) is 0 Å². The molecule has 1 rings (SSSR count). The number of nitrogens with two attached hydrogens (primary N) is 1. The van der Waals surface area contributed by atoms with Crippen LogP contribution in [0.5, 0.6) is 0 Å². The molecule has 0 aliphatic rings. The Morgan fingerprint density at radius 3 is 2.57 bits per heavy atom. The van der Waals surface area contributed by atoms with E-state index in [1.165, 1.54) is 0 Å². The largest absolute Gasteiger partial charge is 0.399 e. The molecule has 0 aliphatic carbocycles. The van der Waals surface area contributed by atoms with Gasteiger partial charge in [-0.15, -0.1) is 0 Å².